The first kappa shape index (κ1) is 16.6. The Hall–Kier alpha value is -1.72. The Morgan fingerprint density at radius 1 is 1.27 bits per heavy atom. The van der Waals surface area contributed by atoms with E-state index in [0.717, 1.165) is 11.0 Å². The second-order valence-electron chi connectivity index (χ2n) is 4.55. The van der Waals surface area contributed by atoms with Crippen LogP contribution in [0.4, 0.5) is 10.1 Å². The molecule has 0 aromatic heterocycles. The Morgan fingerprint density at radius 3 is 2.55 bits per heavy atom. The monoisotopic (exact) mass is 339 g/mol. The van der Waals surface area contributed by atoms with Crippen molar-refractivity contribution >= 4 is 35.0 Å². The maximum Gasteiger partial charge on any atom is 0.265 e. The van der Waals surface area contributed by atoms with E-state index in [0.29, 0.717) is 11.4 Å². The fourth-order valence-electron chi connectivity index (χ4n) is 1.74. The van der Waals surface area contributed by atoms with Gasteiger partial charge in [-0.2, -0.15) is 0 Å². The van der Waals surface area contributed by atoms with Gasteiger partial charge in [0.25, 0.3) is 5.91 Å². The lowest BCUT2D eigenvalue weighted by Crippen LogP contribution is -2.30. The lowest BCUT2D eigenvalue weighted by Gasteiger charge is -2.15. The van der Waals surface area contributed by atoms with Gasteiger partial charge in [-0.15, -0.1) is 11.8 Å². The van der Waals surface area contributed by atoms with Gasteiger partial charge >= 0.3 is 0 Å². The number of hydrogen-bond acceptors (Lipinski definition) is 3. The highest BCUT2D eigenvalue weighted by Crippen LogP contribution is 2.23. The Balaban J connectivity index is 1.99. The molecule has 0 aliphatic rings. The van der Waals surface area contributed by atoms with E-state index in [9.17, 15) is 9.18 Å². The van der Waals surface area contributed by atoms with Crippen LogP contribution in [0, 0.1) is 5.82 Å². The number of carbonyl (C=O) groups excluding carboxylic acids is 1. The molecular formula is C16H15ClFNO2S. The van der Waals surface area contributed by atoms with Crippen molar-refractivity contribution in [1.29, 1.82) is 0 Å². The van der Waals surface area contributed by atoms with E-state index in [1.165, 1.54) is 12.1 Å². The topological polar surface area (TPSA) is 38.3 Å². The molecule has 2 aromatic rings. The second kappa shape index (κ2) is 7.51. The van der Waals surface area contributed by atoms with Gasteiger partial charge in [0.05, 0.1) is 10.7 Å². The van der Waals surface area contributed by atoms with Crippen LogP contribution in [0.3, 0.4) is 0 Å². The van der Waals surface area contributed by atoms with Crippen molar-refractivity contribution < 1.29 is 13.9 Å². The van der Waals surface area contributed by atoms with Gasteiger partial charge in [0.2, 0.25) is 0 Å². The van der Waals surface area contributed by atoms with Gasteiger partial charge in [-0.3, -0.25) is 4.79 Å². The highest BCUT2D eigenvalue weighted by atomic mass is 35.5. The third-order valence-electron chi connectivity index (χ3n) is 2.93. The molecule has 0 saturated heterocycles. The quantitative estimate of drug-likeness (QED) is 0.808. The van der Waals surface area contributed by atoms with Crippen molar-refractivity contribution in [3.63, 3.8) is 0 Å². The summed E-state index contributed by atoms with van der Waals surface area (Å²) >= 11 is 7.50. The molecule has 1 N–H and O–H groups in total. The zero-order valence-corrected chi connectivity index (χ0v) is 13.7. The lowest BCUT2D eigenvalue weighted by molar-refractivity contribution is -0.122. The largest absolute Gasteiger partial charge is 0.481 e. The van der Waals surface area contributed by atoms with E-state index >= 15 is 0 Å². The van der Waals surface area contributed by atoms with E-state index in [-0.39, 0.29) is 10.9 Å². The fraction of sp³-hybridized carbons (Fsp3) is 0.188. The number of benzene rings is 2. The number of halogens is 2. The molecule has 2 aromatic carbocycles. The highest BCUT2D eigenvalue weighted by molar-refractivity contribution is 7.98. The molecule has 0 aliphatic heterocycles. The van der Waals surface area contributed by atoms with Gasteiger partial charge in [0.15, 0.2) is 6.10 Å². The van der Waals surface area contributed by atoms with Gasteiger partial charge in [-0.1, -0.05) is 11.6 Å². The molecule has 1 amide bonds. The lowest BCUT2D eigenvalue weighted by atomic mass is 10.3. The van der Waals surface area contributed by atoms with Crippen molar-refractivity contribution in [2.75, 3.05) is 11.6 Å². The molecular weight excluding hydrogens is 325 g/mol. The third kappa shape index (κ3) is 4.39. The van der Waals surface area contributed by atoms with Crippen LogP contribution in [0.25, 0.3) is 0 Å². The molecule has 0 bridgehead atoms. The summed E-state index contributed by atoms with van der Waals surface area (Å²) in [6.45, 7) is 1.63. The Kier molecular flexibility index (Phi) is 5.69. The third-order valence-corrected chi connectivity index (χ3v) is 3.99. The van der Waals surface area contributed by atoms with Crippen LogP contribution in [0.15, 0.2) is 47.4 Å². The molecule has 0 radical (unpaired) electrons. The first-order chi connectivity index (χ1) is 10.5. The molecule has 116 valence electrons. The maximum atomic E-state index is 13.0. The molecule has 0 aliphatic carbocycles. The van der Waals surface area contributed by atoms with E-state index in [1.807, 2.05) is 18.4 Å². The zero-order valence-electron chi connectivity index (χ0n) is 12.1. The van der Waals surface area contributed by atoms with E-state index < -0.39 is 11.9 Å². The summed E-state index contributed by atoms with van der Waals surface area (Å²) in [5.74, 6) is -0.214. The van der Waals surface area contributed by atoms with Crippen LogP contribution in [-0.4, -0.2) is 18.3 Å². The number of hydrogen-bond donors (Lipinski definition) is 1. The molecule has 22 heavy (non-hydrogen) atoms. The smallest absolute Gasteiger partial charge is 0.265 e. The van der Waals surface area contributed by atoms with Gasteiger partial charge in [-0.25, -0.2) is 4.39 Å². The molecule has 0 spiro atoms. The van der Waals surface area contributed by atoms with Crippen LogP contribution in [0.1, 0.15) is 6.92 Å². The number of carbonyl (C=O) groups is 1. The Bertz CT molecular complexity index is 664. The van der Waals surface area contributed by atoms with E-state index in [2.05, 4.69) is 5.32 Å². The minimum absolute atomic E-state index is 0.143. The number of thioether (sulfide) groups is 1. The summed E-state index contributed by atoms with van der Waals surface area (Å²) in [5, 5.41) is 2.76. The summed E-state index contributed by atoms with van der Waals surface area (Å²) in [4.78, 5) is 13.2. The predicted molar refractivity (Wildman–Crippen MR) is 88.4 cm³/mol. The van der Waals surface area contributed by atoms with Crippen molar-refractivity contribution in [3.8, 4) is 5.75 Å². The predicted octanol–water partition coefficient (Wildman–Crippen LogP) is 4.61. The number of rotatable bonds is 5. The van der Waals surface area contributed by atoms with Crippen molar-refractivity contribution in [3.05, 3.63) is 53.3 Å². The molecule has 1 unspecified atom stereocenters. The Morgan fingerprint density at radius 2 is 1.95 bits per heavy atom. The summed E-state index contributed by atoms with van der Waals surface area (Å²) < 4.78 is 18.5. The SMILES string of the molecule is CSc1ccc(OC(C)C(=O)Nc2ccc(F)cc2Cl)cc1. The number of anilines is 1. The first-order valence-corrected chi connectivity index (χ1v) is 8.16. The van der Waals surface area contributed by atoms with Crippen molar-refractivity contribution in [1.82, 2.24) is 0 Å². The summed E-state index contributed by atoms with van der Waals surface area (Å²) in [6, 6.07) is 11.2. The molecule has 0 fully saturated rings. The van der Waals surface area contributed by atoms with E-state index in [1.54, 1.807) is 30.8 Å². The Labute approximate surface area is 137 Å². The summed E-state index contributed by atoms with van der Waals surface area (Å²) in [6.07, 6.45) is 1.28. The van der Waals surface area contributed by atoms with Crippen molar-refractivity contribution in [2.45, 2.75) is 17.9 Å². The van der Waals surface area contributed by atoms with Crippen LogP contribution in [0.2, 0.25) is 5.02 Å². The molecule has 3 nitrogen and oxygen atoms in total. The van der Waals surface area contributed by atoms with Crippen molar-refractivity contribution in [2.24, 2.45) is 0 Å². The molecule has 2 rings (SSSR count). The standard InChI is InChI=1S/C16H15ClFNO2S/c1-10(21-12-4-6-13(22-2)7-5-12)16(20)19-15-8-3-11(18)9-14(15)17/h3-10H,1-2H3,(H,19,20). The van der Waals surface area contributed by atoms with E-state index in [4.69, 9.17) is 16.3 Å². The molecule has 0 heterocycles. The van der Waals surface area contributed by atoms with Crippen LogP contribution >= 0.6 is 23.4 Å². The normalized spacial score (nSPS) is 11.8. The zero-order chi connectivity index (χ0) is 16.1. The average molecular weight is 340 g/mol. The highest BCUT2D eigenvalue weighted by Gasteiger charge is 2.16. The van der Waals surface area contributed by atoms with Crippen LogP contribution < -0.4 is 10.1 Å². The first-order valence-electron chi connectivity index (χ1n) is 6.56. The van der Waals surface area contributed by atoms with Crippen LogP contribution in [-0.2, 0) is 4.79 Å². The summed E-state index contributed by atoms with van der Waals surface area (Å²) in [7, 11) is 0. The van der Waals surface area contributed by atoms with Gasteiger partial charge in [0.1, 0.15) is 11.6 Å². The fourth-order valence-corrected chi connectivity index (χ4v) is 2.36. The average Bonchev–Trinajstić information content (AvgIpc) is 2.50. The van der Waals surface area contributed by atoms with Gasteiger partial charge in [0, 0.05) is 4.90 Å². The molecule has 0 saturated carbocycles. The second-order valence-corrected chi connectivity index (χ2v) is 5.84. The number of nitrogens with one attached hydrogen (secondary N) is 1. The molecule has 6 heteroatoms. The number of amides is 1. The molecule has 1 atom stereocenters. The maximum absolute atomic E-state index is 13.0. The van der Waals surface area contributed by atoms with Gasteiger partial charge in [-0.05, 0) is 55.6 Å². The number of ether oxygens (including phenoxy) is 1. The minimum atomic E-state index is -0.707. The minimum Gasteiger partial charge on any atom is -0.481 e. The van der Waals surface area contributed by atoms with Crippen LogP contribution in [0.5, 0.6) is 5.75 Å². The van der Waals surface area contributed by atoms with Gasteiger partial charge < -0.3 is 10.1 Å². The summed E-state index contributed by atoms with van der Waals surface area (Å²) in [5.41, 5.74) is 0.348.